The summed E-state index contributed by atoms with van der Waals surface area (Å²) in [5.74, 6) is 0.720. The van der Waals surface area contributed by atoms with Gasteiger partial charge in [-0.2, -0.15) is 0 Å². The van der Waals surface area contributed by atoms with Crippen molar-refractivity contribution in [3.63, 3.8) is 0 Å². The minimum Gasteiger partial charge on any atom is -0.494 e. The van der Waals surface area contributed by atoms with E-state index >= 15 is 0 Å². The number of furan rings is 1. The molecule has 102 valence electrons. The van der Waals surface area contributed by atoms with E-state index in [1.807, 2.05) is 18.2 Å². The second kappa shape index (κ2) is 5.25. The van der Waals surface area contributed by atoms with Gasteiger partial charge in [-0.1, -0.05) is 6.92 Å². The van der Waals surface area contributed by atoms with Crippen LogP contribution >= 0.6 is 0 Å². The first kappa shape index (κ1) is 12.5. The lowest BCUT2D eigenvalue weighted by atomic mass is 10.1. The summed E-state index contributed by atoms with van der Waals surface area (Å²) in [7, 11) is 0. The summed E-state index contributed by atoms with van der Waals surface area (Å²) in [6, 6.07) is 7.39. The van der Waals surface area contributed by atoms with Crippen molar-refractivity contribution in [3.05, 3.63) is 54.1 Å². The lowest BCUT2D eigenvalue weighted by Crippen LogP contribution is -1.98. The average molecular weight is 269 g/mol. The Balaban J connectivity index is 2.00. The van der Waals surface area contributed by atoms with E-state index < -0.39 is 0 Å². The van der Waals surface area contributed by atoms with Gasteiger partial charge in [0.2, 0.25) is 0 Å². The van der Waals surface area contributed by atoms with Crippen molar-refractivity contribution in [2.75, 3.05) is 6.61 Å². The highest BCUT2D eigenvalue weighted by Gasteiger charge is 2.15. The van der Waals surface area contributed by atoms with Crippen LogP contribution in [0.5, 0.6) is 5.75 Å². The van der Waals surface area contributed by atoms with Crippen LogP contribution in [0.4, 0.5) is 0 Å². The summed E-state index contributed by atoms with van der Waals surface area (Å²) >= 11 is 0. The number of aromatic amines is 1. The van der Waals surface area contributed by atoms with Gasteiger partial charge in [0, 0.05) is 22.7 Å². The van der Waals surface area contributed by atoms with Crippen molar-refractivity contribution in [3.8, 4) is 5.75 Å². The molecule has 2 heterocycles. The number of carbonyl (C=O) groups excluding carboxylic acids is 1. The number of ether oxygens (including phenoxy) is 1. The lowest BCUT2D eigenvalue weighted by molar-refractivity contribution is 0.103. The van der Waals surface area contributed by atoms with E-state index in [1.165, 1.54) is 12.5 Å². The molecule has 0 atom stereocenters. The van der Waals surface area contributed by atoms with Gasteiger partial charge in [-0.3, -0.25) is 4.79 Å². The first-order valence-electron chi connectivity index (χ1n) is 6.60. The van der Waals surface area contributed by atoms with Crippen LogP contribution < -0.4 is 4.74 Å². The zero-order chi connectivity index (χ0) is 13.9. The molecule has 0 radical (unpaired) electrons. The number of aromatic nitrogens is 1. The molecular formula is C16H15NO3. The molecular weight excluding hydrogens is 254 g/mol. The van der Waals surface area contributed by atoms with E-state index in [9.17, 15) is 4.79 Å². The Kier molecular flexibility index (Phi) is 3.29. The summed E-state index contributed by atoms with van der Waals surface area (Å²) in [6.07, 6.45) is 5.63. The van der Waals surface area contributed by atoms with Gasteiger partial charge in [0.25, 0.3) is 0 Å². The highest BCUT2D eigenvalue weighted by molar-refractivity contribution is 6.16. The molecule has 0 unspecified atom stereocenters. The van der Waals surface area contributed by atoms with Gasteiger partial charge in [-0.05, 0) is 30.7 Å². The molecule has 20 heavy (non-hydrogen) atoms. The van der Waals surface area contributed by atoms with Crippen molar-refractivity contribution in [1.29, 1.82) is 0 Å². The molecule has 0 spiro atoms. The van der Waals surface area contributed by atoms with E-state index in [0.29, 0.717) is 17.7 Å². The van der Waals surface area contributed by atoms with Crippen LogP contribution in [0.15, 0.2) is 47.4 Å². The van der Waals surface area contributed by atoms with Crippen LogP contribution in [0.3, 0.4) is 0 Å². The Morgan fingerprint density at radius 2 is 2.25 bits per heavy atom. The third kappa shape index (κ3) is 2.20. The van der Waals surface area contributed by atoms with Crippen LogP contribution in [0, 0.1) is 0 Å². The molecule has 4 heteroatoms. The fourth-order valence-electron chi connectivity index (χ4n) is 2.15. The van der Waals surface area contributed by atoms with Gasteiger partial charge < -0.3 is 14.1 Å². The predicted molar refractivity (Wildman–Crippen MR) is 76.2 cm³/mol. The maximum Gasteiger partial charge on any atom is 0.198 e. The average Bonchev–Trinajstić information content (AvgIpc) is 3.13. The Morgan fingerprint density at radius 1 is 1.35 bits per heavy atom. The molecule has 0 saturated carbocycles. The zero-order valence-electron chi connectivity index (χ0n) is 11.2. The van der Waals surface area contributed by atoms with Gasteiger partial charge >= 0.3 is 0 Å². The monoisotopic (exact) mass is 269 g/mol. The smallest absolute Gasteiger partial charge is 0.198 e. The highest BCUT2D eigenvalue weighted by Crippen LogP contribution is 2.25. The summed E-state index contributed by atoms with van der Waals surface area (Å²) in [4.78, 5) is 15.5. The molecule has 2 aromatic heterocycles. The van der Waals surface area contributed by atoms with E-state index in [1.54, 1.807) is 12.3 Å². The van der Waals surface area contributed by atoms with Gasteiger partial charge in [0.1, 0.15) is 12.0 Å². The van der Waals surface area contributed by atoms with Crippen LogP contribution in [0.25, 0.3) is 10.9 Å². The molecule has 1 aromatic carbocycles. The number of fused-ring (bicyclic) bond motifs is 1. The number of nitrogens with one attached hydrogen (secondary N) is 1. The third-order valence-electron chi connectivity index (χ3n) is 3.15. The standard InChI is InChI=1S/C16H15NO3/c1-2-6-20-12-3-4-15-13(8-12)14(9-17-15)16(18)11-5-7-19-10-11/h3-5,7-10,17H,2,6H2,1H3. The predicted octanol–water partition coefficient (Wildman–Crippen LogP) is 3.78. The minimum atomic E-state index is -0.0577. The molecule has 0 saturated heterocycles. The van der Waals surface area contributed by atoms with Crippen molar-refractivity contribution in [2.24, 2.45) is 0 Å². The van der Waals surface area contributed by atoms with Crippen molar-refractivity contribution >= 4 is 16.7 Å². The second-order valence-electron chi connectivity index (χ2n) is 4.60. The van der Waals surface area contributed by atoms with E-state index in [0.717, 1.165) is 23.1 Å². The van der Waals surface area contributed by atoms with Crippen molar-refractivity contribution < 1.29 is 13.9 Å². The van der Waals surface area contributed by atoms with E-state index in [4.69, 9.17) is 9.15 Å². The number of carbonyl (C=O) groups is 1. The van der Waals surface area contributed by atoms with Crippen LogP contribution in [0.2, 0.25) is 0 Å². The number of ketones is 1. The van der Waals surface area contributed by atoms with Gasteiger partial charge in [-0.15, -0.1) is 0 Å². The van der Waals surface area contributed by atoms with Crippen molar-refractivity contribution in [2.45, 2.75) is 13.3 Å². The van der Waals surface area contributed by atoms with E-state index in [-0.39, 0.29) is 5.78 Å². The summed E-state index contributed by atoms with van der Waals surface area (Å²) < 4.78 is 10.6. The summed E-state index contributed by atoms with van der Waals surface area (Å²) in [5, 5.41) is 0.866. The molecule has 0 aliphatic carbocycles. The molecule has 0 aliphatic rings. The number of rotatable bonds is 5. The molecule has 3 aromatic rings. The van der Waals surface area contributed by atoms with Gasteiger partial charge in [-0.25, -0.2) is 0 Å². The molecule has 3 rings (SSSR count). The largest absolute Gasteiger partial charge is 0.494 e. The number of benzene rings is 1. The number of hydrogen-bond donors (Lipinski definition) is 1. The molecule has 0 fully saturated rings. The Bertz CT molecular complexity index is 725. The summed E-state index contributed by atoms with van der Waals surface area (Å²) in [5.41, 5.74) is 2.09. The molecule has 4 nitrogen and oxygen atoms in total. The highest BCUT2D eigenvalue weighted by atomic mass is 16.5. The Labute approximate surface area is 116 Å². The quantitative estimate of drug-likeness (QED) is 0.717. The molecule has 0 aliphatic heterocycles. The first-order valence-corrected chi connectivity index (χ1v) is 6.60. The van der Waals surface area contributed by atoms with Crippen LogP contribution in [0.1, 0.15) is 29.3 Å². The number of hydrogen-bond acceptors (Lipinski definition) is 3. The third-order valence-corrected chi connectivity index (χ3v) is 3.15. The van der Waals surface area contributed by atoms with Gasteiger partial charge in [0.05, 0.1) is 18.4 Å². The maximum absolute atomic E-state index is 12.4. The fourth-order valence-corrected chi connectivity index (χ4v) is 2.15. The molecule has 0 bridgehead atoms. The van der Waals surface area contributed by atoms with Crippen LogP contribution in [-0.4, -0.2) is 17.4 Å². The van der Waals surface area contributed by atoms with Crippen LogP contribution in [-0.2, 0) is 0 Å². The lowest BCUT2D eigenvalue weighted by Gasteiger charge is -2.04. The molecule has 0 amide bonds. The SMILES string of the molecule is CCCOc1ccc2[nH]cc(C(=O)c3ccoc3)c2c1. The number of H-pyrrole nitrogens is 1. The minimum absolute atomic E-state index is 0.0577. The summed E-state index contributed by atoms with van der Waals surface area (Å²) in [6.45, 7) is 2.73. The first-order chi connectivity index (χ1) is 9.79. The maximum atomic E-state index is 12.4. The Morgan fingerprint density at radius 3 is 3.00 bits per heavy atom. The zero-order valence-corrected chi connectivity index (χ0v) is 11.2. The van der Waals surface area contributed by atoms with Crippen molar-refractivity contribution in [1.82, 2.24) is 4.98 Å². The Hall–Kier alpha value is -2.49. The normalized spacial score (nSPS) is 10.8. The van der Waals surface area contributed by atoms with E-state index in [2.05, 4.69) is 11.9 Å². The topological polar surface area (TPSA) is 55.2 Å². The molecule has 1 N–H and O–H groups in total. The second-order valence-corrected chi connectivity index (χ2v) is 4.60. The van der Waals surface area contributed by atoms with Gasteiger partial charge in [0.15, 0.2) is 5.78 Å². The fraction of sp³-hybridized carbons (Fsp3) is 0.188.